The number of hydrogen-bond donors (Lipinski definition) is 2. The second-order valence-corrected chi connectivity index (χ2v) is 9.31. The zero-order valence-corrected chi connectivity index (χ0v) is 21.3. The van der Waals surface area contributed by atoms with Crippen LogP contribution in [0.1, 0.15) is 22.0 Å². The molecule has 0 bridgehead atoms. The zero-order valence-electron chi connectivity index (χ0n) is 21.3. The number of nitrogens with zero attached hydrogens (tertiary/aromatic N) is 4. The van der Waals surface area contributed by atoms with E-state index in [2.05, 4.69) is 32.5 Å². The van der Waals surface area contributed by atoms with Crippen LogP contribution in [0.2, 0.25) is 0 Å². The second kappa shape index (κ2) is 11.7. The lowest BCUT2D eigenvalue weighted by atomic mass is 9.89. The smallest absolute Gasteiger partial charge is 0.490 e. The number of halogens is 3. The zero-order chi connectivity index (χ0) is 28.2. The lowest BCUT2D eigenvalue weighted by Crippen LogP contribution is -2.31. The number of aliphatic carboxylic acids is 1. The van der Waals surface area contributed by atoms with Gasteiger partial charge in [0.1, 0.15) is 17.3 Å². The third-order valence-corrected chi connectivity index (χ3v) is 6.68. The van der Waals surface area contributed by atoms with E-state index in [-0.39, 0.29) is 5.91 Å². The fourth-order valence-electron chi connectivity index (χ4n) is 4.81. The van der Waals surface area contributed by atoms with Crippen molar-refractivity contribution in [3.05, 3.63) is 65.7 Å². The molecule has 0 saturated carbocycles. The molecule has 3 heterocycles. The first-order chi connectivity index (χ1) is 18.6. The number of amides is 1. The number of carboxylic acid groups (broad SMARTS) is 1. The van der Waals surface area contributed by atoms with Gasteiger partial charge in [0.25, 0.3) is 5.91 Å². The van der Waals surface area contributed by atoms with E-state index in [0.29, 0.717) is 23.3 Å². The molecule has 1 amide bonds. The number of alkyl halides is 3. The van der Waals surface area contributed by atoms with Crippen molar-refractivity contribution in [2.45, 2.75) is 25.7 Å². The van der Waals surface area contributed by atoms with Crippen molar-refractivity contribution in [3.8, 4) is 11.5 Å². The Hall–Kier alpha value is -4.13. The summed E-state index contributed by atoms with van der Waals surface area (Å²) in [5.41, 5.74) is 1.95. The Morgan fingerprint density at radius 3 is 2.31 bits per heavy atom. The second-order valence-electron chi connectivity index (χ2n) is 9.31. The predicted molar refractivity (Wildman–Crippen MR) is 134 cm³/mol. The number of fused-ring (bicyclic) bond motifs is 2. The van der Waals surface area contributed by atoms with Crippen LogP contribution in [0.4, 0.5) is 18.9 Å². The normalized spacial score (nSPS) is 18.3. The number of methoxy groups -OCH3 is 2. The van der Waals surface area contributed by atoms with Gasteiger partial charge in [-0.05, 0) is 53.8 Å². The summed E-state index contributed by atoms with van der Waals surface area (Å²) in [6, 6.07) is 15.5. The molecule has 0 spiro atoms. The van der Waals surface area contributed by atoms with Crippen LogP contribution in [0.5, 0.6) is 11.5 Å². The number of carboxylic acids is 1. The highest BCUT2D eigenvalue weighted by molar-refractivity contribution is 6.01. The summed E-state index contributed by atoms with van der Waals surface area (Å²) in [6.45, 7) is 3.70. The molecule has 3 aromatic rings. The van der Waals surface area contributed by atoms with Crippen molar-refractivity contribution in [1.29, 1.82) is 0 Å². The number of likely N-dealkylation sites (tertiary alicyclic amines) is 1. The molecule has 39 heavy (non-hydrogen) atoms. The van der Waals surface area contributed by atoms with Gasteiger partial charge >= 0.3 is 12.1 Å². The van der Waals surface area contributed by atoms with Crippen LogP contribution in [-0.2, 0) is 24.3 Å². The molecule has 2 aromatic carbocycles. The number of anilines is 1. The van der Waals surface area contributed by atoms with Gasteiger partial charge in [-0.15, -0.1) is 10.2 Å². The fraction of sp³-hybridized carbons (Fsp3) is 0.385. The third-order valence-electron chi connectivity index (χ3n) is 6.68. The van der Waals surface area contributed by atoms with Crippen molar-refractivity contribution in [1.82, 2.24) is 19.7 Å². The lowest BCUT2D eigenvalue weighted by Gasteiger charge is -2.25. The number of nitrogens with one attached hydrogen (secondary N) is 1. The highest BCUT2D eigenvalue weighted by Crippen LogP contribution is 2.33. The van der Waals surface area contributed by atoms with Gasteiger partial charge in [-0.25, -0.2) is 4.79 Å². The molecule has 2 unspecified atom stereocenters. The molecule has 2 aliphatic rings. The molecule has 0 aliphatic carbocycles. The van der Waals surface area contributed by atoms with Crippen molar-refractivity contribution < 1.29 is 37.3 Å². The van der Waals surface area contributed by atoms with Gasteiger partial charge < -0.3 is 24.5 Å². The van der Waals surface area contributed by atoms with Crippen molar-refractivity contribution in [2.24, 2.45) is 11.8 Å². The molecule has 5 rings (SSSR count). The van der Waals surface area contributed by atoms with Crippen LogP contribution in [0.15, 0.2) is 48.5 Å². The van der Waals surface area contributed by atoms with E-state index in [0.717, 1.165) is 49.9 Å². The largest absolute Gasteiger partial charge is 0.497 e. The number of hydrogen-bond acceptors (Lipinski definition) is 7. The summed E-state index contributed by atoms with van der Waals surface area (Å²) in [4.78, 5) is 24.3. The maximum absolute atomic E-state index is 12.9. The Bertz CT molecular complexity index is 1310. The van der Waals surface area contributed by atoms with E-state index < -0.39 is 12.1 Å². The van der Waals surface area contributed by atoms with Gasteiger partial charge in [0.2, 0.25) is 5.82 Å². The number of benzene rings is 2. The van der Waals surface area contributed by atoms with Gasteiger partial charge in [0.05, 0.1) is 14.2 Å². The van der Waals surface area contributed by atoms with Crippen LogP contribution in [-0.4, -0.2) is 70.1 Å². The quantitative estimate of drug-likeness (QED) is 0.482. The van der Waals surface area contributed by atoms with E-state index in [1.54, 1.807) is 14.2 Å². The minimum Gasteiger partial charge on any atom is -0.497 e. The van der Waals surface area contributed by atoms with Crippen LogP contribution in [0.25, 0.3) is 0 Å². The molecule has 2 atom stereocenters. The number of rotatable bonds is 6. The molecular weight excluding hydrogens is 519 g/mol. The molecule has 1 saturated heterocycles. The molecule has 13 heteroatoms. The summed E-state index contributed by atoms with van der Waals surface area (Å²) >= 11 is 0. The molecule has 2 aliphatic heterocycles. The monoisotopic (exact) mass is 547 g/mol. The lowest BCUT2D eigenvalue weighted by molar-refractivity contribution is -0.192. The van der Waals surface area contributed by atoms with Gasteiger partial charge in [-0.3, -0.25) is 9.69 Å². The summed E-state index contributed by atoms with van der Waals surface area (Å²) in [5, 5.41) is 18.6. The highest BCUT2D eigenvalue weighted by atomic mass is 19.4. The fourth-order valence-corrected chi connectivity index (χ4v) is 4.81. The van der Waals surface area contributed by atoms with Gasteiger partial charge in [0.15, 0.2) is 0 Å². The van der Waals surface area contributed by atoms with Gasteiger partial charge in [0, 0.05) is 38.3 Å². The molecule has 1 fully saturated rings. The van der Waals surface area contributed by atoms with Gasteiger partial charge in [-0.1, -0.05) is 12.1 Å². The average Bonchev–Trinajstić information content (AvgIpc) is 3.50. The van der Waals surface area contributed by atoms with E-state index in [9.17, 15) is 18.0 Å². The van der Waals surface area contributed by atoms with E-state index >= 15 is 0 Å². The van der Waals surface area contributed by atoms with E-state index in [1.807, 2.05) is 41.0 Å². The van der Waals surface area contributed by atoms with Crippen LogP contribution in [0.3, 0.4) is 0 Å². The first kappa shape index (κ1) is 27.9. The molecule has 0 radical (unpaired) electrons. The highest BCUT2D eigenvalue weighted by Gasteiger charge is 2.39. The van der Waals surface area contributed by atoms with Crippen molar-refractivity contribution in [2.75, 3.05) is 32.6 Å². The maximum Gasteiger partial charge on any atom is 0.490 e. The SMILES string of the molecule is COc1ccc(NC(=O)c2nnc3n2CC2CN(Cc4cccc(OC)c4)CC2C3)cc1.O=C(O)C(F)(F)F. The van der Waals surface area contributed by atoms with E-state index in [1.165, 1.54) is 5.56 Å². The first-order valence-corrected chi connectivity index (χ1v) is 12.1. The number of carbonyl (C=O) groups is 2. The standard InChI is InChI=1S/C24H27N5O3.C2HF3O2/c1-31-20-8-6-19(7-9-20)25-24(30)23-27-26-22-11-17-13-28(14-18(17)15-29(22)23)12-16-4-3-5-21(10-16)32-2;3-2(4,5)1(6)7/h3-10,17-18H,11-15H2,1-2H3,(H,25,30);(H,6,7). The Morgan fingerprint density at radius 2 is 1.67 bits per heavy atom. The predicted octanol–water partition coefficient (Wildman–Crippen LogP) is 3.49. The molecule has 1 aromatic heterocycles. The molecule has 10 nitrogen and oxygen atoms in total. The summed E-state index contributed by atoms with van der Waals surface area (Å²) in [7, 11) is 3.31. The van der Waals surface area contributed by atoms with Gasteiger partial charge in [-0.2, -0.15) is 13.2 Å². The van der Waals surface area contributed by atoms with E-state index in [4.69, 9.17) is 19.4 Å². The number of ether oxygens (including phenoxy) is 2. The van der Waals surface area contributed by atoms with Crippen molar-refractivity contribution >= 4 is 17.6 Å². The topological polar surface area (TPSA) is 119 Å². The summed E-state index contributed by atoms with van der Waals surface area (Å²) in [6.07, 6.45) is -4.23. The number of aromatic nitrogens is 3. The average molecular weight is 548 g/mol. The number of carbonyl (C=O) groups excluding carboxylic acids is 1. The van der Waals surface area contributed by atoms with Crippen molar-refractivity contribution in [3.63, 3.8) is 0 Å². The summed E-state index contributed by atoms with van der Waals surface area (Å²) < 4.78 is 44.3. The maximum atomic E-state index is 12.9. The minimum atomic E-state index is -5.08. The third kappa shape index (κ3) is 6.85. The Morgan fingerprint density at radius 1 is 1.00 bits per heavy atom. The Kier molecular flexibility index (Phi) is 8.38. The van der Waals surface area contributed by atoms with Crippen LogP contribution >= 0.6 is 0 Å². The molecule has 2 N–H and O–H groups in total. The Labute approximate surface area is 222 Å². The first-order valence-electron chi connectivity index (χ1n) is 12.1. The Balaban J connectivity index is 0.000000448. The minimum absolute atomic E-state index is 0.237. The molecular formula is C26H28F3N5O5. The molecule has 208 valence electrons. The van der Waals surface area contributed by atoms with Crippen LogP contribution in [0, 0.1) is 11.8 Å². The summed E-state index contributed by atoms with van der Waals surface area (Å²) in [5.74, 6) is 0.930. The van der Waals surface area contributed by atoms with Crippen LogP contribution < -0.4 is 14.8 Å².